The van der Waals surface area contributed by atoms with Crippen molar-refractivity contribution in [2.45, 2.75) is 38.1 Å². The molecule has 0 aromatic heterocycles. The molecule has 2 aromatic rings. The first kappa shape index (κ1) is 21.5. The molecule has 1 N–H and O–H groups in total. The number of carbonyl (C=O) groups is 1. The molecule has 1 unspecified atom stereocenters. The average Bonchev–Trinajstić information content (AvgIpc) is 2.74. The summed E-state index contributed by atoms with van der Waals surface area (Å²) in [6.45, 7) is 7.16. The van der Waals surface area contributed by atoms with Crippen LogP contribution in [0.1, 0.15) is 46.9 Å². The van der Waals surface area contributed by atoms with Crippen molar-refractivity contribution in [3.05, 3.63) is 64.7 Å². The lowest BCUT2D eigenvalue weighted by molar-refractivity contribution is 0.0730. The van der Waals surface area contributed by atoms with E-state index in [-0.39, 0.29) is 16.8 Å². The molecule has 3 rings (SSSR count). The fourth-order valence-corrected chi connectivity index (χ4v) is 5.01. The van der Waals surface area contributed by atoms with Crippen LogP contribution in [0.5, 0.6) is 0 Å². The van der Waals surface area contributed by atoms with Crippen molar-refractivity contribution in [3.63, 3.8) is 0 Å². The van der Waals surface area contributed by atoms with E-state index in [0.717, 1.165) is 12.0 Å². The summed E-state index contributed by atoms with van der Waals surface area (Å²) in [6.07, 6.45) is 0.963. The highest BCUT2D eigenvalue weighted by atomic mass is 32.2. The minimum absolute atomic E-state index is 0.173. The number of hydrogen-bond acceptors (Lipinski definition) is 4. The molecule has 1 aliphatic rings. The molecular weight excluding hydrogens is 388 g/mol. The number of morpholine rings is 1. The number of nitrogens with zero attached hydrogens (tertiary/aromatic N) is 1. The van der Waals surface area contributed by atoms with Gasteiger partial charge in [-0.25, -0.2) is 8.42 Å². The number of nitrogens with one attached hydrogen (secondary N) is 1. The summed E-state index contributed by atoms with van der Waals surface area (Å²) in [4.78, 5) is 13.0. The zero-order valence-corrected chi connectivity index (χ0v) is 18.0. The predicted molar refractivity (Wildman–Crippen MR) is 112 cm³/mol. The van der Waals surface area contributed by atoms with Crippen LogP contribution >= 0.6 is 0 Å². The van der Waals surface area contributed by atoms with Crippen molar-refractivity contribution < 1.29 is 17.9 Å². The maximum Gasteiger partial charge on any atom is 0.251 e. The third-order valence-electron chi connectivity index (χ3n) is 5.27. The highest BCUT2D eigenvalue weighted by Crippen LogP contribution is 2.23. The smallest absolute Gasteiger partial charge is 0.251 e. The van der Waals surface area contributed by atoms with Crippen LogP contribution in [0, 0.1) is 6.92 Å². The molecule has 2 aromatic carbocycles. The van der Waals surface area contributed by atoms with Gasteiger partial charge >= 0.3 is 0 Å². The quantitative estimate of drug-likeness (QED) is 0.785. The van der Waals surface area contributed by atoms with E-state index in [1.807, 2.05) is 19.1 Å². The molecule has 1 fully saturated rings. The number of ether oxygens (including phenoxy) is 1. The Balaban J connectivity index is 1.79. The number of amides is 1. The molecule has 1 heterocycles. The van der Waals surface area contributed by atoms with Crippen molar-refractivity contribution in [3.8, 4) is 0 Å². The molecule has 1 aliphatic heterocycles. The monoisotopic (exact) mass is 416 g/mol. The van der Waals surface area contributed by atoms with Crippen molar-refractivity contribution in [1.82, 2.24) is 9.62 Å². The van der Waals surface area contributed by atoms with E-state index in [1.54, 1.807) is 19.1 Å². The van der Waals surface area contributed by atoms with Crippen LogP contribution < -0.4 is 5.32 Å². The normalized spacial score (nSPS) is 16.4. The van der Waals surface area contributed by atoms with E-state index >= 15 is 0 Å². The Labute approximate surface area is 172 Å². The van der Waals surface area contributed by atoms with Crippen LogP contribution in [0.15, 0.2) is 47.4 Å². The van der Waals surface area contributed by atoms with Gasteiger partial charge in [-0.1, -0.05) is 37.3 Å². The molecule has 1 saturated heterocycles. The number of rotatable bonds is 6. The summed E-state index contributed by atoms with van der Waals surface area (Å²) >= 11 is 0. The van der Waals surface area contributed by atoms with Gasteiger partial charge in [0.1, 0.15) is 0 Å². The van der Waals surface area contributed by atoms with Gasteiger partial charge in [0.05, 0.1) is 24.2 Å². The zero-order valence-electron chi connectivity index (χ0n) is 17.1. The minimum atomic E-state index is -3.66. The van der Waals surface area contributed by atoms with Gasteiger partial charge in [0, 0.05) is 18.7 Å². The largest absolute Gasteiger partial charge is 0.379 e. The molecule has 0 radical (unpaired) electrons. The van der Waals surface area contributed by atoms with Crippen molar-refractivity contribution in [2.75, 3.05) is 26.3 Å². The van der Waals surface area contributed by atoms with Crippen molar-refractivity contribution in [1.29, 1.82) is 0 Å². The van der Waals surface area contributed by atoms with E-state index in [1.165, 1.54) is 15.9 Å². The molecule has 7 heteroatoms. The predicted octanol–water partition coefficient (Wildman–Crippen LogP) is 3.07. The maximum atomic E-state index is 13.0. The molecule has 0 aliphatic carbocycles. The molecule has 1 amide bonds. The first-order valence-electron chi connectivity index (χ1n) is 9.91. The molecule has 0 saturated carbocycles. The third-order valence-corrected chi connectivity index (χ3v) is 7.31. The van der Waals surface area contributed by atoms with Crippen LogP contribution in [-0.4, -0.2) is 44.9 Å². The van der Waals surface area contributed by atoms with Gasteiger partial charge in [0.25, 0.3) is 5.91 Å². The lowest BCUT2D eigenvalue weighted by atomic mass is 10.0. The van der Waals surface area contributed by atoms with E-state index in [0.29, 0.717) is 37.4 Å². The summed E-state index contributed by atoms with van der Waals surface area (Å²) in [5.74, 6) is -0.296. The van der Waals surface area contributed by atoms with Gasteiger partial charge < -0.3 is 10.1 Å². The highest BCUT2D eigenvalue weighted by molar-refractivity contribution is 7.89. The summed E-state index contributed by atoms with van der Waals surface area (Å²) < 4.78 is 32.7. The van der Waals surface area contributed by atoms with E-state index in [9.17, 15) is 13.2 Å². The van der Waals surface area contributed by atoms with E-state index < -0.39 is 10.0 Å². The molecule has 1 atom stereocenters. The van der Waals surface area contributed by atoms with Gasteiger partial charge in [-0.15, -0.1) is 0 Å². The second kappa shape index (κ2) is 9.07. The summed E-state index contributed by atoms with van der Waals surface area (Å²) in [5, 5.41) is 2.96. The van der Waals surface area contributed by atoms with Gasteiger partial charge in [0.15, 0.2) is 0 Å². The Kier molecular flexibility index (Phi) is 6.72. The standard InChI is InChI=1S/C22H28N2O4S/c1-4-18-6-9-19(10-7-18)17(3)23-22(25)20-8-5-16(2)21(15-20)29(26,27)24-11-13-28-14-12-24/h5-10,15,17H,4,11-14H2,1-3H3,(H,23,25). The Morgan fingerprint density at radius 2 is 1.79 bits per heavy atom. The molecule has 0 bridgehead atoms. The van der Waals surface area contributed by atoms with E-state index in [4.69, 9.17) is 4.74 Å². The number of sulfonamides is 1. The number of benzene rings is 2. The SMILES string of the molecule is CCc1ccc(C(C)NC(=O)c2ccc(C)c(S(=O)(=O)N3CCOCC3)c2)cc1. The van der Waals surface area contributed by atoms with Crippen molar-refractivity contribution in [2.24, 2.45) is 0 Å². The van der Waals surface area contributed by atoms with E-state index in [2.05, 4.69) is 24.4 Å². The summed E-state index contributed by atoms with van der Waals surface area (Å²) in [5.41, 5.74) is 3.20. The fraction of sp³-hybridized carbons (Fsp3) is 0.409. The van der Waals surface area contributed by atoms with Gasteiger partial charge in [-0.05, 0) is 49.1 Å². The molecule has 0 spiro atoms. The molecular formula is C22H28N2O4S. The second-order valence-corrected chi connectivity index (χ2v) is 9.19. The first-order chi connectivity index (χ1) is 13.8. The van der Waals surface area contributed by atoms with Gasteiger partial charge in [-0.3, -0.25) is 4.79 Å². The third kappa shape index (κ3) is 4.86. The summed E-state index contributed by atoms with van der Waals surface area (Å²) in [7, 11) is -3.66. The van der Waals surface area contributed by atoms with Crippen LogP contribution in [0.3, 0.4) is 0 Å². The van der Waals surface area contributed by atoms with Gasteiger partial charge in [0.2, 0.25) is 10.0 Å². The van der Waals surface area contributed by atoms with Crippen molar-refractivity contribution >= 4 is 15.9 Å². The molecule has 156 valence electrons. The minimum Gasteiger partial charge on any atom is -0.379 e. The number of hydrogen-bond donors (Lipinski definition) is 1. The number of aryl methyl sites for hydroxylation is 2. The van der Waals surface area contributed by atoms with Crippen LogP contribution in [0.4, 0.5) is 0 Å². The fourth-order valence-electron chi connectivity index (χ4n) is 3.35. The second-order valence-electron chi connectivity index (χ2n) is 7.29. The Hall–Kier alpha value is -2.22. The molecule has 29 heavy (non-hydrogen) atoms. The summed E-state index contributed by atoms with van der Waals surface area (Å²) in [6, 6.07) is 12.8. The topological polar surface area (TPSA) is 75.7 Å². The maximum absolute atomic E-state index is 13.0. The van der Waals surface area contributed by atoms with Crippen LogP contribution in [-0.2, 0) is 21.2 Å². The Bertz CT molecular complexity index is 965. The lowest BCUT2D eigenvalue weighted by Gasteiger charge is -2.27. The number of carbonyl (C=O) groups excluding carboxylic acids is 1. The average molecular weight is 417 g/mol. The highest BCUT2D eigenvalue weighted by Gasteiger charge is 2.28. The molecule has 6 nitrogen and oxygen atoms in total. The van der Waals surface area contributed by atoms with Crippen LogP contribution in [0.25, 0.3) is 0 Å². The Morgan fingerprint density at radius 3 is 2.41 bits per heavy atom. The first-order valence-corrected chi connectivity index (χ1v) is 11.3. The lowest BCUT2D eigenvalue weighted by Crippen LogP contribution is -2.41. The van der Waals surface area contributed by atoms with Crippen LogP contribution in [0.2, 0.25) is 0 Å². The Morgan fingerprint density at radius 1 is 1.14 bits per heavy atom. The van der Waals surface area contributed by atoms with Gasteiger partial charge in [-0.2, -0.15) is 4.31 Å². The zero-order chi connectivity index (χ0) is 21.0.